The molecule has 0 unspecified atom stereocenters. The summed E-state index contributed by atoms with van der Waals surface area (Å²) in [6.07, 6.45) is 8.56. The molecule has 0 saturated carbocycles. The van der Waals surface area contributed by atoms with Gasteiger partial charge in [0.2, 0.25) is 0 Å². The summed E-state index contributed by atoms with van der Waals surface area (Å²) in [7, 11) is -2.35. The Bertz CT molecular complexity index is 1350. The molecule has 0 spiro atoms. The molecule has 1 aromatic carbocycles. The van der Waals surface area contributed by atoms with Crippen molar-refractivity contribution >= 4 is 37.8 Å². The van der Waals surface area contributed by atoms with Gasteiger partial charge in [-0.05, 0) is 48.9 Å². The molecule has 0 aliphatic carbocycles. The zero-order valence-electron chi connectivity index (χ0n) is 16.3. The summed E-state index contributed by atoms with van der Waals surface area (Å²) in [6.45, 7) is 1.84. The Hall–Kier alpha value is -3.04. The Morgan fingerprint density at radius 2 is 1.97 bits per heavy atom. The number of hydrazone groups is 1. The van der Waals surface area contributed by atoms with Gasteiger partial charge in [0.1, 0.15) is 5.65 Å². The van der Waals surface area contributed by atoms with Crippen molar-refractivity contribution in [2.45, 2.75) is 11.8 Å². The van der Waals surface area contributed by atoms with E-state index in [1.165, 1.54) is 13.3 Å². The van der Waals surface area contributed by atoms with Crippen LogP contribution in [0.1, 0.15) is 11.3 Å². The van der Waals surface area contributed by atoms with Crippen molar-refractivity contribution in [2.24, 2.45) is 5.10 Å². The molecule has 3 aromatic heterocycles. The molecule has 0 aliphatic heterocycles. The number of nitrogens with zero attached hydrogens (tertiary/aromatic N) is 5. The molecule has 7 nitrogen and oxygen atoms in total. The minimum Gasteiger partial charge on any atom is -0.298 e. The van der Waals surface area contributed by atoms with Crippen LogP contribution in [0.15, 0.2) is 81.7 Å². The normalized spacial score (nSPS) is 12.0. The van der Waals surface area contributed by atoms with Crippen LogP contribution in [0.5, 0.6) is 0 Å². The lowest BCUT2D eigenvalue weighted by Gasteiger charge is -2.14. The van der Waals surface area contributed by atoms with Crippen LogP contribution in [-0.4, -0.2) is 40.5 Å². The number of fused-ring (bicyclic) bond motifs is 1. The Morgan fingerprint density at radius 3 is 2.70 bits per heavy atom. The number of sulfonamides is 1. The van der Waals surface area contributed by atoms with Gasteiger partial charge in [-0.25, -0.2) is 4.98 Å². The van der Waals surface area contributed by atoms with Crippen molar-refractivity contribution in [2.75, 3.05) is 7.05 Å². The van der Waals surface area contributed by atoms with Gasteiger partial charge in [0.15, 0.2) is 0 Å². The molecule has 4 aromatic rings. The van der Waals surface area contributed by atoms with Gasteiger partial charge in [0, 0.05) is 41.2 Å². The van der Waals surface area contributed by atoms with E-state index in [9.17, 15) is 8.42 Å². The van der Waals surface area contributed by atoms with Gasteiger partial charge >= 0.3 is 0 Å². The van der Waals surface area contributed by atoms with Crippen molar-refractivity contribution in [3.63, 3.8) is 0 Å². The second-order valence-corrected chi connectivity index (χ2v) is 9.47. The molecule has 0 bridgehead atoms. The maximum atomic E-state index is 12.8. The molecular formula is C21H18BrN5O2S. The van der Waals surface area contributed by atoms with Gasteiger partial charge in [-0.15, -0.1) is 0 Å². The van der Waals surface area contributed by atoms with Crippen LogP contribution in [0.3, 0.4) is 0 Å². The fourth-order valence-corrected chi connectivity index (χ4v) is 4.22. The van der Waals surface area contributed by atoms with Gasteiger partial charge in [-0.1, -0.05) is 22.0 Å². The maximum Gasteiger partial charge on any atom is 0.278 e. The van der Waals surface area contributed by atoms with E-state index in [2.05, 4.69) is 31.0 Å². The SMILES string of the molecule is Cc1cc(S(=O)(=O)N(C)N=Cc2cnc3ccc(-c4cccnc4)cn23)ccc1Br. The highest BCUT2D eigenvalue weighted by Gasteiger charge is 2.20. The fraction of sp³-hybridized carbons (Fsp3) is 0.0952. The van der Waals surface area contributed by atoms with E-state index in [0.29, 0.717) is 5.69 Å². The number of pyridine rings is 2. The molecule has 9 heteroatoms. The van der Waals surface area contributed by atoms with Gasteiger partial charge in [-0.2, -0.15) is 17.9 Å². The van der Waals surface area contributed by atoms with E-state index in [1.54, 1.807) is 36.8 Å². The summed E-state index contributed by atoms with van der Waals surface area (Å²) in [5.74, 6) is 0. The largest absolute Gasteiger partial charge is 0.298 e. The first-order chi connectivity index (χ1) is 14.4. The fourth-order valence-electron chi connectivity index (χ4n) is 2.93. The number of hydrogen-bond donors (Lipinski definition) is 0. The smallest absolute Gasteiger partial charge is 0.278 e. The van der Waals surface area contributed by atoms with Crippen LogP contribution in [0.4, 0.5) is 0 Å². The van der Waals surface area contributed by atoms with E-state index in [-0.39, 0.29) is 4.90 Å². The number of aromatic nitrogens is 3. The highest BCUT2D eigenvalue weighted by atomic mass is 79.9. The Morgan fingerprint density at radius 1 is 1.13 bits per heavy atom. The first-order valence-corrected chi connectivity index (χ1v) is 11.3. The maximum absolute atomic E-state index is 12.8. The van der Waals surface area contributed by atoms with Crippen molar-refractivity contribution in [1.82, 2.24) is 18.8 Å². The molecule has 0 atom stereocenters. The topological polar surface area (TPSA) is 79.9 Å². The number of benzene rings is 1. The summed E-state index contributed by atoms with van der Waals surface area (Å²) < 4.78 is 29.3. The molecule has 0 aliphatic rings. The first-order valence-electron chi connectivity index (χ1n) is 9.03. The highest BCUT2D eigenvalue weighted by molar-refractivity contribution is 9.10. The molecule has 3 heterocycles. The average molecular weight is 484 g/mol. The molecule has 30 heavy (non-hydrogen) atoms. The van der Waals surface area contributed by atoms with Crippen molar-refractivity contribution < 1.29 is 8.42 Å². The summed E-state index contributed by atoms with van der Waals surface area (Å²) in [5.41, 5.74) is 4.16. The predicted octanol–water partition coefficient (Wildman–Crippen LogP) is 4.12. The predicted molar refractivity (Wildman–Crippen MR) is 120 cm³/mol. The standard InChI is InChI=1S/C21H18BrN5O2S/c1-15-10-19(6-7-20(15)22)30(28,29)26(2)25-13-18-12-24-21-8-5-17(14-27(18)21)16-4-3-9-23-11-16/h3-14H,1-2H3. The molecule has 0 N–H and O–H groups in total. The minimum absolute atomic E-state index is 0.180. The van der Waals surface area contributed by atoms with E-state index < -0.39 is 10.0 Å². The van der Waals surface area contributed by atoms with Gasteiger partial charge in [0.25, 0.3) is 10.0 Å². The molecule has 0 radical (unpaired) electrons. The lowest BCUT2D eigenvalue weighted by atomic mass is 10.1. The summed E-state index contributed by atoms with van der Waals surface area (Å²) in [5, 5.41) is 4.15. The second kappa shape index (κ2) is 8.00. The number of hydrogen-bond acceptors (Lipinski definition) is 5. The number of imidazole rings is 1. The number of rotatable bonds is 5. The van der Waals surface area contributed by atoms with Gasteiger partial charge in [-0.3, -0.25) is 9.38 Å². The Labute approximate surface area is 182 Å². The summed E-state index contributed by atoms with van der Waals surface area (Å²) >= 11 is 3.38. The zero-order valence-corrected chi connectivity index (χ0v) is 18.7. The molecule has 0 saturated heterocycles. The van der Waals surface area contributed by atoms with Crippen LogP contribution in [0, 0.1) is 6.92 Å². The second-order valence-electron chi connectivity index (χ2n) is 6.67. The molecule has 4 rings (SSSR count). The lowest BCUT2D eigenvalue weighted by molar-refractivity contribution is 0.491. The zero-order chi connectivity index (χ0) is 21.3. The quantitative estimate of drug-likeness (QED) is 0.315. The first kappa shape index (κ1) is 20.2. The third-order valence-corrected chi connectivity index (χ3v) is 7.19. The highest BCUT2D eigenvalue weighted by Crippen LogP contribution is 2.23. The molecule has 0 fully saturated rings. The third-order valence-electron chi connectivity index (χ3n) is 4.66. The van der Waals surface area contributed by atoms with Crippen LogP contribution >= 0.6 is 15.9 Å². The number of aryl methyl sites for hydroxylation is 1. The Balaban J connectivity index is 1.65. The van der Waals surface area contributed by atoms with Crippen LogP contribution in [0.2, 0.25) is 0 Å². The van der Waals surface area contributed by atoms with E-state index in [0.717, 1.165) is 31.2 Å². The summed E-state index contributed by atoms with van der Waals surface area (Å²) in [4.78, 5) is 8.69. The van der Waals surface area contributed by atoms with E-state index in [1.807, 2.05) is 41.8 Å². The van der Waals surface area contributed by atoms with Crippen molar-refractivity contribution in [3.8, 4) is 11.1 Å². The lowest BCUT2D eigenvalue weighted by Crippen LogP contribution is -2.22. The van der Waals surface area contributed by atoms with E-state index >= 15 is 0 Å². The monoisotopic (exact) mass is 483 g/mol. The van der Waals surface area contributed by atoms with Crippen LogP contribution in [0.25, 0.3) is 16.8 Å². The van der Waals surface area contributed by atoms with Gasteiger partial charge in [0.05, 0.1) is 23.0 Å². The summed E-state index contributed by atoms with van der Waals surface area (Å²) in [6, 6.07) is 12.6. The molecule has 0 amide bonds. The Kier molecular flexibility index (Phi) is 5.40. The van der Waals surface area contributed by atoms with Crippen LogP contribution < -0.4 is 0 Å². The van der Waals surface area contributed by atoms with Crippen molar-refractivity contribution in [1.29, 1.82) is 0 Å². The third kappa shape index (κ3) is 3.86. The van der Waals surface area contributed by atoms with Crippen LogP contribution in [-0.2, 0) is 10.0 Å². The van der Waals surface area contributed by atoms with E-state index in [4.69, 9.17) is 0 Å². The van der Waals surface area contributed by atoms with Crippen molar-refractivity contribution in [3.05, 3.63) is 83.0 Å². The van der Waals surface area contributed by atoms with Gasteiger partial charge < -0.3 is 0 Å². The number of halogens is 1. The minimum atomic E-state index is -3.76. The molecule has 152 valence electrons. The molecular weight excluding hydrogens is 466 g/mol. The average Bonchev–Trinajstić information content (AvgIpc) is 3.16.